The molecule has 0 saturated heterocycles. The average Bonchev–Trinajstić information content (AvgIpc) is 3.01. The van der Waals surface area contributed by atoms with Crippen molar-refractivity contribution >= 4 is 54.8 Å². The van der Waals surface area contributed by atoms with Gasteiger partial charge in [-0.3, -0.25) is 13.8 Å². The number of thioether (sulfide) groups is 1. The van der Waals surface area contributed by atoms with Gasteiger partial charge < -0.3 is 14.8 Å². The topological polar surface area (TPSA) is 131 Å². The molecule has 0 aliphatic carbocycles. The van der Waals surface area contributed by atoms with Crippen LogP contribution in [-0.4, -0.2) is 49.8 Å². The molecule has 10 nitrogen and oxygen atoms in total. The van der Waals surface area contributed by atoms with Crippen molar-refractivity contribution < 1.29 is 31.1 Å². The van der Waals surface area contributed by atoms with Crippen LogP contribution in [-0.2, 0) is 20.0 Å². The second-order valence-corrected chi connectivity index (χ2v) is 13.5. The van der Waals surface area contributed by atoms with Crippen molar-refractivity contribution in [1.29, 1.82) is 0 Å². The van der Waals surface area contributed by atoms with Crippen LogP contribution in [0.3, 0.4) is 0 Å². The van der Waals surface area contributed by atoms with Crippen LogP contribution >= 0.6 is 11.8 Å². The molecule has 0 fully saturated rings. The van der Waals surface area contributed by atoms with Crippen molar-refractivity contribution in [2.24, 2.45) is 0 Å². The van der Waals surface area contributed by atoms with Crippen LogP contribution in [0.25, 0.3) is 0 Å². The van der Waals surface area contributed by atoms with Crippen molar-refractivity contribution in [3.8, 4) is 11.5 Å². The Morgan fingerprint density at radius 2 is 1.44 bits per heavy atom. The summed E-state index contributed by atoms with van der Waals surface area (Å²) < 4.78 is 66.7. The summed E-state index contributed by atoms with van der Waals surface area (Å²) in [4.78, 5) is 14.0. The summed E-state index contributed by atoms with van der Waals surface area (Å²) in [5.74, 6) is 0.332. The molecule has 0 atom stereocenters. The van der Waals surface area contributed by atoms with Gasteiger partial charge >= 0.3 is 0 Å². The maximum Gasteiger partial charge on any atom is 0.264 e. The maximum absolute atomic E-state index is 13.3. The van der Waals surface area contributed by atoms with Crippen LogP contribution in [0.1, 0.15) is 17.3 Å². The highest BCUT2D eigenvalue weighted by atomic mass is 32.2. The molecule has 0 aromatic heterocycles. The second kappa shape index (κ2) is 13.4. The van der Waals surface area contributed by atoms with Gasteiger partial charge in [-0.05, 0) is 98.1 Å². The van der Waals surface area contributed by atoms with E-state index in [2.05, 4.69) is 10.0 Å². The Hall–Kier alpha value is -4.20. The van der Waals surface area contributed by atoms with Gasteiger partial charge in [-0.15, -0.1) is 11.8 Å². The molecule has 2 N–H and O–H groups in total. The summed E-state index contributed by atoms with van der Waals surface area (Å²) in [6, 6.07) is 23.3. The summed E-state index contributed by atoms with van der Waals surface area (Å²) in [5, 5.41) is 2.72. The molecule has 226 valence electrons. The lowest BCUT2D eigenvalue weighted by atomic mass is 10.2. The zero-order valence-electron chi connectivity index (χ0n) is 23.9. The summed E-state index contributed by atoms with van der Waals surface area (Å²) in [6.07, 6.45) is 1.92. The Balaban J connectivity index is 1.45. The predicted octanol–water partition coefficient (Wildman–Crippen LogP) is 5.69. The molecule has 0 aliphatic rings. The van der Waals surface area contributed by atoms with E-state index in [1.807, 2.05) is 6.26 Å². The van der Waals surface area contributed by atoms with Crippen molar-refractivity contribution in [3.05, 3.63) is 96.6 Å². The van der Waals surface area contributed by atoms with E-state index >= 15 is 0 Å². The largest absolute Gasteiger partial charge is 0.497 e. The van der Waals surface area contributed by atoms with Gasteiger partial charge in [0.1, 0.15) is 11.5 Å². The Labute approximate surface area is 256 Å². The number of amides is 1. The van der Waals surface area contributed by atoms with Gasteiger partial charge in [0.15, 0.2) is 0 Å². The molecule has 4 rings (SSSR count). The summed E-state index contributed by atoms with van der Waals surface area (Å²) in [7, 11) is -4.87. The fourth-order valence-electron chi connectivity index (χ4n) is 4.16. The van der Waals surface area contributed by atoms with E-state index in [-0.39, 0.29) is 22.0 Å². The Morgan fingerprint density at radius 1 is 0.814 bits per heavy atom. The number of rotatable bonds is 12. The van der Waals surface area contributed by atoms with Gasteiger partial charge in [0, 0.05) is 28.8 Å². The van der Waals surface area contributed by atoms with Gasteiger partial charge in [0.25, 0.3) is 26.0 Å². The van der Waals surface area contributed by atoms with E-state index in [1.165, 1.54) is 72.8 Å². The second-order valence-electron chi connectivity index (χ2n) is 9.04. The number of nitrogens with zero attached hydrogens (tertiary/aromatic N) is 1. The molecule has 43 heavy (non-hydrogen) atoms. The number of anilines is 3. The van der Waals surface area contributed by atoms with Crippen LogP contribution < -0.4 is 23.8 Å². The quantitative estimate of drug-likeness (QED) is 0.189. The molecule has 1 amide bonds. The van der Waals surface area contributed by atoms with Crippen molar-refractivity contribution in [1.82, 2.24) is 0 Å². The number of hydrogen-bond acceptors (Lipinski definition) is 8. The average molecular weight is 642 g/mol. The standard InChI is InChI=1S/C30H31N3O7S3/c1-5-33(43(37,38)27-17-13-25(41-4)14-18-27)23-10-6-21(7-11-23)30(34)31-22-8-15-26(16-9-22)42(35,36)32-28-20-24(39-2)12-19-29(28)40-3/h6-20,32H,5H2,1-4H3,(H,31,34). The molecule has 0 radical (unpaired) electrons. The van der Waals surface area contributed by atoms with Crippen LogP contribution in [0.4, 0.5) is 17.1 Å². The molecule has 4 aromatic rings. The first-order valence-electron chi connectivity index (χ1n) is 13.0. The molecular formula is C30H31N3O7S3. The number of methoxy groups -OCH3 is 2. The van der Waals surface area contributed by atoms with E-state index in [0.29, 0.717) is 28.4 Å². The minimum atomic E-state index is -3.97. The lowest BCUT2D eigenvalue weighted by Gasteiger charge is -2.23. The van der Waals surface area contributed by atoms with Crippen LogP contribution in [0, 0.1) is 0 Å². The molecular weight excluding hydrogens is 611 g/mol. The summed E-state index contributed by atoms with van der Waals surface area (Å²) in [6.45, 7) is 1.94. The van der Waals surface area contributed by atoms with Gasteiger partial charge in [-0.25, -0.2) is 16.8 Å². The number of sulfonamides is 2. The van der Waals surface area contributed by atoms with Crippen LogP contribution in [0.2, 0.25) is 0 Å². The first-order chi connectivity index (χ1) is 20.5. The zero-order chi connectivity index (χ0) is 31.2. The Kier molecular flexibility index (Phi) is 9.89. The summed E-state index contributed by atoms with van der Waals surface area (Å²) >= 11 is 1.52. The minimum absolute atomic E-state index is 0.0244. The molecule has 4 aromatic carbocycles. The third-order valence-electron chi connectivity index (χ3n) is 6.43. The van der Waals surface area contributed by atoms with Gasteiger partial charge in [0.2, 0.25) is 0 Å². The van der Waals surface area contributed by atoms with E-state index in [9.17, 15) is 21.6 Å². The highest BCUT2D eigenvalue weighted by Crippen LogP contribution is 2.31. The smallest absolute Gasteiger partial charge is 0.264 e. The summed E-state index contributed by atoms with van der Waals surface area (Å²) in [5.41, 5.74) is 1.30. The molecule has 0 heterocycles. The van der Waals surface area contributed by atoms with Gasteiger partial charge in [-0.2, -0.15) is 0 Å². The molecule has 13 heteroatoms. The lowest BCUT2D eigenvalue weighted by Crippen LogP contribution is -2.30. The molecule has 0 spiro atoms. The molecule has 0 bridgehead atoms. The Bertz CT molecular complexity index is 1790. The van der Waals surface area contributed by atoms with E-state index in [0.717, 1.165) is 4.90 Å². The predicted molar refractivity (Wildman–Crippen MR) is 170 cm³/mol. The lowest BCUT2D eigenvalue weighted by molar-refractivity contribution is 0.102. The fourth-order valence-corrected chi connectivity index (χ4v) is 7.11. The third-order valence-corrected chi connectivity index (χ3v) is 10.5. The van der Waals surface area contributed by atoms with Crippen LogP contribution in [0.15, 0.2) is 106 Å². The van der Waals surface area contributed by atoms with Crippen molar-refractivity contribution in [2.45, 2.75) is 21.6 Å². The fraction of sp³-hybridized carbons (Fsp3) is 0.167. The third kappa shape index (κ3) is 7.24. The SMILES string of the molecule is CCN(c1ccc(C(=O)Nc2ccc(S(=O)(=O)Nc3cc(OC)ccc3OC)cc2)cc1)S(=O)(=O)c1ccc(SC)cc1. The molecule has 0 saturated carbocycles. The maximum atomic E-state index is 13.3. The zero-order valence-corrected chi connectivity index (χ0v) is 26.3. The molecule has 0 aliphatic heterocycles. The highest BCUT2D eigenvalue weighted by Gasteiger charge is 2.24. The molecule has 0 unspecified atom stereocenters. The van der Waals surface area contributed by atoms with Crippen molar-refractivity contribution in [2.75, 3.05) is 41.4 Å². The van der Waals surface area contributed by atoms with E-state index in [1.54, 1.807) is 55.5 Å². The van der Waals surface area contributed by atoms with Gasteiger partial charge in [0.05, 0.1) is 35.4 Å². The number of carbonyl (C=O) groups is 1. The first kappa shape index (κ1) is 31.7. The van der Waals surface area contributed by atoms with Crippen LogP contribution in [0.5, 0.6) is 11.5 Å². The number of nitrogens with one attached hydrogen (secondary N) is 2. The van der Waals surface area contributed by atoms with E-state index < -0.39 is 26.0 Å². The van der Waals surface area contributed by atoms with E-state index in [4.69, 9.17) is 9.47 Å². The number of hydrogen-bond donors (Lipinski definition) is 2. The first-order valence-corrected chi connectivity index (χ1v) is 17.1. The Morgan fingerprint density at radius 3 is 2.00 bits per heavy atom. The minimum Gasteiger partial charge on any atom is -0.497 e. The highest BCUT2D eigenvalue weighted by molar-refractivity contribution is 7.98. The number of carbonyl (C=O) groups excluding carboxylic acids is 1. The number of benzene rings is 4. The van der Waals surface area contributed by atoms with Gasteiger partial charge in [-0.1, -0.05) is 0 Å². The van der Waals surface area contributed by atoms with Crippen molar-refractivity contribution in [3.63, 3.8) is 0 Å². The number of ether oxygens (including phenoxy) is 2. The normalized spacial score (nSPS) is 11.4. The monoisotopic (exact) mass is 641 g/mol.